The fraction of sp³-hybridized carbons (Fsp3) is 0.462. The van der Waals surface area contributed by atoms with Crippen LogP contribution in [-0.4, -0.2) is 11.6 Å². The predicted molar refractivity (Wildman–Crippen MR) is 116 cm³/mol. The number of carbonyl (C=O) groups is 2. The molecule has 2 heteroatoms. The third-order valence-electron chi connectivity index (χ3n) is 5.86. The van der Waals surface area contributed by atoms with Crippen molar-refractivity contribution in [1.29, 1.82) is 0 Å². The number of hydrogen-bond donors (Lipinski definition) is 0. The summed E-state index contributed by atoms with van der Waals surface area (Å²) in [5, 5.41) is 0. The molecular weight excluding hydrogens is 344 g/mol. The summed E-state index contributed by atoms with van der Waals surface area (Å²) in [6.45, 7) is 8.44. The Bertz CT molecular complexity index is 803. The van der Waals surface area contributed by atoms with Gasteiger partial charge in [0.05, 0.1) is 0 Å². The van der Waals surface area contributed by atoms with E-state index >= 15 is 0 Å². The second-order valence-corrected chi connectivity index (χ2v) is 8.70. The van der Waals surface area contributed by atoms with Crippen LogP contribution in [0.25, 0.3) is 0 Å². The minimum atomic E-state index is 0.129. The lowest BCUT2D eigenvalue weighted by Gasteiger charge is -2.29. The predicted octanol–water partition coefficient (Wildman–Crippen LogP) is 6.66. The van der Waals surface area contributed by atoms with Crippen LogP contribution in [0.2, 0.25) is 0 Å². The molecule has 3 aliphatic rings. The third kappa shape index (κ3) is 4.60. The number of hydrogen-bond acceptors (Lipinski definition) is 2. The molecule has 0 atom stereocenters. The number of carbonyl (C=O) groups excluding carboxylic acids is 2. The molecule has 3 aliphatic carbocycles. The highest BCUT2D eigenvalue weighted by Gasteiger charge is 2.36. The van der Waals surface area contributed by atoms with Gasteiger partial charge in [0.1, 0.15) is 0 Å². The van der Waals surface area contributed by atoms with Crippen molar-refractivity contribution in [1.82, 2.24) is 0 Å². The number of Topliss-reactive ketones (excluding diaryl/α,β-unsaturated/α-hetero) is 2. The maximum Gasteiger partial charge on any atom is 0.186 e. The summed E-state index contributed by atoms with van der Waals surface area (Å²) in [4.78, 5) is 26.3. The van der Waals surface area contributed by atoms with Gasteiger partial charge in [0.15, 0.2) is 11.6 Å². The van der Waals surface area contributed by atoms with Crippen LogP contribution in [0.1, 0.15) is 79.1 Å². The van der Waals surface area contributed by atoms with E-state index in [1.807, 2.05) is 0 Å². The lowest BCUT2D eigenvalue weighted by atomic mass is 9.73. The van der Waals surface area contributed by atoms with E-state index in [0.29, 0.717) is 25.7 Å². The second kappa shape index (κ2) is 8.86. The van der Waals surface area contributed by atoms with Crippen LogP contribution in [0.5, 0.6) is 0 Å². The number of allylic oxidation sites excluding steroid dienone is 12. The van der Waals surface area contributed by atoms with Crippen molar-refractivity contribution in [3.63, 3.8) is 0 Å². The van der Waals surface area contributed by atoms with Gasteiger partial charge < -0.3 is 0 Å². The molecule has 0 N–H and O–H groups in total. The Hall–Kier alpha value is -2.22. The van der Waals surface area contributed by atoms with Crippen molar-refractivity contribution < 1.29 is 9.59 Å². The lowest BCUT2D eigenvalue weighted by molar-refractivity contribution is -0.116. The van der Waals surface area contributed by atoms with Gasteiger partial charge in [-0.15, -0.1) is 0 Å². The standard InChI is InChI=1S/C26H32O2/c1-17(2)7-5-9-19-11-13-21-23(15-19)26(28)24-16-20(10-6-8-18(3)4)12-14-22(24)25(21)27/h7-8,11-12H,5-6,9-10,13-16H2,1-4H3. The van der Waals surface area contributed by atoms with Gasteiger partial charge in [-0.25, -0.2) is 0 Å². The Morgan fingerprint density at radius 1 is 0.714 bits per heavy atom. The fourth-order valence-electron chi connectivity index (χ4n) is 4.28. The molecule has 0 unspecified atom stereocenters. The molecule has 0 aromatic heterocycles. The van der Waals surface area contributed by atoms with E-state index in [-0.39, 0.29) is 11.6 Å². The Labute approximate surface area is 169 Å². The zero-order valence-corrected chi connectivity index (χ0v) is 17.8. The van der Waals surface area contributed by atoms with Crippen molar-refractivity contribution in [3.05, 3.63) is 68.9 Å². The minimum Gasteiger partial charge on any atom is -0.289 e. The average molecular weight is 377 g/mol. The molecule has 0 fully saturated rings. The number of rotatable bonds is 6. The van der Waals surface area contributed by atoms with E-state index in [1.165, 1.54) is 22.3 Å². The monoisotopic (exact) mass is 376 g/mol. The Kier molecular flexibility index (Phi) is 6.49. The van der Waals surface area contributed by atoms with Crippen LogP contribution in [0, 0.1) is 0 Å². The Balaban J connectivity index is 1.69. The van der Waals surface area contributed by atoms with Crippen LogP contribution in [0.4, 0.5) is 0 Å². The second-order valence-electron chi connectivity index (χ2n) is 8.70. The Morgan fingerprint density at radius 2 is 1.11 bits per heavy atom. The van der Waals surface area contributed by atoms with Gasteiger partial charge in [0, 0.05) is 22.3 Å². The topological polar surface area (TPSA) is 34.1 Å². The van der Waals surface area contributed by atoms with Crippen molar-refractivity contribution in [2.45, 2.75) is 79.1 Å². The molecule has 28 heavy (non-hydrogen) atoms. The SMILES string of the molecule is CC(C)=CCCC1=CCC2=C(C1)C(=O)C1=C(CC=C(CCC=C(C)C)C1)C2=O. The first kappa shape index (κ1) is 20.5. The molecule has 0 amide bonds. The minimum absolute atomic E-state index is 0.129. The summed E-state index contributed by atoms with van der Waals surface area (Å²) < 4.78 is 0. The van der Waals surface area contributed by atoms with Crippen molar-refractivity contribution >= 4 is 11.6 Å². The zero-order valence-electron chi connectivity index (χ0n) is 17.8. The molecule has 0 aliphatic heterocycles. The van der Waals surface area contributed by atoms with E-state index in [9.17, 15) is 9.59 Å². The van der Waals surface area contributed by atoms with E-state index in [0.717, 1.165) is 48.0 Å². The first-order chi connectivity index (χ1) is 13.4. The van der Waals surface area contributed by atoms with E-state index in [1.54, 1.807) is 0 Å². The van der Waals surface area contributed by atoms with E-state index in [2.05, 4.69) is 52.0 Å². The van der Waals surface area contributed by atoms with E-state index in [4.69, 9.17) is 0 Å². The fourth-order valence-corrected chi connectivity index (χ4v) is 4.28. The van der Waals surface area contributed by atoms with Crippen LogP contribution < -0.4 is 0 Å². The van der Waals surface area contributed by atoms with Crippen LogP contribution in [-0.2, 0) is 9.59 Å². The first-order valence-electron chi connectivity index (χ1n) is 10.5. The molecule has 0 aromatic carbocycles. The average Bonchev–Trinajstić information content (AvgIpc) is 2.65. The Morgan fingerprint density at radius 3 is 1.50 bits per heavy atom. The molecule has 3 rings (SSSR count). The highest BCUT2D eigenvalue weighted by atomic mass is 16.1. The largest absolute Gasteiger partial charge is 0.289 e. The van der Waals surface area contributed by atoms with Gasteiger partial charge >= 0.3 is 0 Å². The first-order valence-corrected chi connectivity index (χ1v) is 10.5. The molecule has 0 bridgehead atoms. The molecule has 0 aromatic rings. The smallest absolute Gasteiger partial charge is 0.186 e. The normalized spacial score (nSPS) is 19.0. The van der Waals surface area contributed by atoms with Gasteiger partial charge in [0.25, 0.3) is 0 Å². The summed E-state index contributed by atoms with van der Waals surface area (Å²) in [7, 11) is 0. The summed E-state index contributed by atoms with van der Waals surface area (Å²) in [6.07, 6.45) is 15.4. The van der Waals surface area contributed by atoms with Gasteiger partial charge in [0.2, 0.25) is 0 Å². The van der Waals surface area contributed by atoms with E-state index < -0.39 is 0 Å². The number of ketones is 2. The summed E-state index contributed by atoms with van der Waals surface area (Å²) >= 11 is 0. The maximum atomic E-state index is 13.2. The third-order valence-corrected chi connectivity index (χ3v) is 5.86. The van der Waals surface area contributed by atoms with Crippen molar-refractivity contribution in [2.24, 2.45) is 0 Å². The maximum absolute atomic E-state index is 13.2. The van der Waals surface area contributed by atoms with Gasteiger partial charge in [-0.1, -0.05) is 46.6 Å². The summed E-state index contributed by atoms with van der Waals surface area (Å²) in [5.41, 5.74) is 8.34. The summed E-state index contributed by atoms with van der Waals surface area (Å²) in [6, 6.07) is 0. The van der Waals surface area contributed by atoms with Crippen LogP contribution in [0.3, 0.4) is 0 Å². The van der Waals surface area contributed by atoms with Crippen molar-refractivity contribution in [3.8, 4) is 0 Å². The highest BCUT2D eigenvalue weighted by Crippen LogP contribution is 2.40. The molecule has 148 valence electrons. The lowest BCUT2D eigenvalue weighted by Crippen LogP contribution is -2.27. The van der Waals surface area contributed by atoms with Gasteiger partial charge in [-0.3, -0.25) is 9.59 Å². The van der Waals surface area contributed by atoms with Gasteiger partial charge in [-0.05, 0) is 79.1 Å². The molecule has 0 saturated carbocycles. The quantitative estimate of drug-likeness (QED) is 0.383. The van der Waals surface area contributed by atoms with Gasteiger partial charge in [-0.2, -0.15) is 0 Å². The molecule has 2 nitrogen and oxygen atoms in total. The molecule has 0 spiro atoms. The molecule has 0 saturated heterocycles. The van der Waals surface area contributed by atoms with Crippen LogP contribution in [0.15, 0.2) is 68.9 Å². The highest BCUT2D eigenvalue weighted by molar-refractivity contribution is 6.26. The summed E-state index contributed by atoms with van der Waals surface area (Å²) in [5.74, 6) is 0.272. The molecular formula is C26H32O2. The van der Waals surface area contributed by atoms with Crippen LogP contribution >= 0.6 is 0 Å². The molecule has 0 radical (unpaired) electrons. The molecule has 0 heterocycles. The zero-order chi connectivity index (χ0) is 20.3. The van der Waals surface area contributed by atoms with Crippen molar-refractivity contribution in [2.75, 3.05) is 0 Å².